The molecular formula is C13H13ClN2O. The molecule has 2 rings (SSSR count). The van der Waals surface area contributed by atoms with Crippen LogP contribution in [-0.4, -0.2) is 17.1 Å². The fraction of sp³-hybridized carbons (Fsp3) is 0.231. The normalized spacial score (nSPS) is 10.3. The molecule has 0 aliphatic heterocycles. The minimum Gasteiger partial charge on any atom is -0.496 e. The highest BCUT2D eigenvalue weighted by molar-refractivity contribution is 6.17. The van der Waals surface area contributed by atoms with E-state index in [4.69, 9.17) is 16.3 Å². The Hall–Kier alpha value is -1.61. The van der Waals surface area contributed by atoms with E-state index in [0.717, 1.165) is 22.4 Å². The Balaban J connectivity index is 2.35. The van der Waals surface area contributed by atoms with Crippen molar-refractivity contribution in [2.75, 3.05) is 7.11 Å². The molecule has 0 bridgehead atoms. The maximum Gasteiger partial charge on any atom is 0.159 e. The summed E-state index contributed by atoms with van der Waals surface area (Å²) in [4.78, 5) is 8.56. The second-order valence-corrected chi connectivity index (χ2v) is 4.00. The van der Waals surface area contributed by atoms with Crippen LogP contribution in [0, 0.1) is 6.92 Å². The molecule has 1 heterocycles. The first-order chi connectivity index (χ1) is 8.24. The summed E-state index contributed by atoms with van der Waals surface area (Å²) < 4.78 is 5.21. The highest BCUT2D eigenvalue weighted by Crippen LogP contribution is 2.23. The Labute approximate surface area is 105 Å². The van der Waals surface area contributed by atoms with Crippen LogP contribution < -0.4 is 4.74 Å². The number of halogens is 1. The lowest BCUT2D eigenvalue weighted by Crippen LogP contribution is -1.92. The van der Waals surface area contributed by atoms with Crippen LogP contribution >= 0.6 is 11.6 Å². The number of rotatable bonds is 3. The maximum absolute atomic E-state index is 5.69. The first-order valence-corrected chi connectivity index (χ1v) is 5.80. The quantitative estimate of drug-likeness (QED) is 0.783. The smallest absolute Gasteiger partial charge is 0.159 e. The lowest BCUT2D eigenvalue weighted by atomic mass is 10.1. The number of alkyl halides is 1. The van der Waals surface area contributed by atoms with Gasteiger partial charge in [0.25, 0.3) is 0 Å². The summed E-state index contributed by atoms with van der Waals surface area (Å²) >= 11 is 5.69. The van der Waals surface area contributed by atoms with Crippen molar-refractivity contribution in [3.05, 3.63) is 41.7 Å². The van der Waals surface area contributed by atoms with Crippen LogP contribution in [0.4, 0.5) is 0 Å². The second-order valence-electron chi connectivity index (χ2n) is 3.73. The number of methoxy groups -OCH3 is 1. The van der Waals surface area contributed by atoms with E-state index in [1.165, 1.54) is 0 Å². The van der Waals surface area contributed by atoms with Crippen molar-refractivity contribution in [1.82, 2.24) is 9.97 Å². The Morgan fingerprint density at radius 1 is 1.24 bits per heavy atom. The van der Waals surface area contributed by atoms with Gasteiger partial charge >= 0.3 is 0 Å². The minimum atomic E-state index is 0.432. The van der Waals surface area contributed by atoms with Gasteiger partial charge in [-0.2, -0.15) is 0 Å². The minimum absolute atomic E-state index is 0.432. The summed E-state index contributed by atoms with van der Waals surface area (Å²) in [5.41, 5.74) is 2.96. The van der Waals surface area contributed by atoms with Crippen LogP contribution in [0.5, 0.6) is 5.75 Å². The molecule has 0 fully saturated rings. The highest BCUT2D eigenvalue weighted by atomic mass is 35.5. The largest absolute Gasteiger partial charge is 0.496 e. The maximum atomic E-state index is 5.69. The molecule has 0 amide bonds. The number of aryl methyl sites for hydroxylation is 1. The molecule has 0 unspecified atom stereocenters. The van der Waals surface area contributed by atoms with E-state index in [2.05, 4.69) is 9.97 Å². The molecule has 0 aliphatic carbocycles. The van der Waals surface area contributed by atoms with Crippen LogP contribution in [0.2, 0.25) is 0 Å². The Morgan fingerprint density at radius 3 is 2.47 bits per heavy atom. The summed E-state index contributed by atoms with van der Waals surface area (Å²) in [6.07, 6.45) is 3.49. The van der Waals surface area contributed by atoms with Crippen molar-refractivity contribution in [3.63, 3.8) is 0 Å². The molecule has 2 aromatic rings. The average molecular weight is 249 g/mol. The number of hydrogen-bond acceptors (Lipinski definition) is 3. The number of benzene rings is 1. The van der Waals surface area contributed by atoms with Gasteiger partial charge in [0.05, 0.1) is 13.0 Å². The lowest BCUT2D eigenvalue weighted by molar-refractivity contribution is 0.412. The number of nitrogens with zero attached hydrogens (tertiary/aromatic N) is 2. The SMILES string of the molecule is COc1ccc(-c2ncc(CCl)cn2)cc1C. The van der Waals surface area contributed by atoms with E-state index < -0.39 is 0 Å². The van der Waals surface area contributed by atoms with Gasteiger partial charge in [-0.3, -0.25) is 0 Å². The van der Waals surface area contributed by atoms with Gasteiger partial charge in [-0.15, -0.1) is 11.6 Å². The Morgan fingerprint density at radius 2 is 1.94 bits per heavy atom. The molecule has 0 spiro atoms. The fourth-order valence-electron chi connectivity index (χ4n) is 1.59. The zero-order valence-corrected chi connectivity index (χ0v) is 10.5. The Bertz CT molecular complexity index is 511. The van der Waals surface area contributed by atoms with E-state index in [0.29, 0.717) is 11.7 Å². The van der Waals surface area contributed by atoms with Gasteiger partial charge in [0.15, 0.2) is 5.82 Å². The van der Waals surface area contributed by atoms with Gasteiger partial charge in [0.1, 0.15) is 5.75 Å². The third kappa shape index (κ3) is 2.56. The third-order valence-corrected chi connectivity index (χ3v) is 2.82. The van der Waals surface area contributed by atoms with Crippen LogP contribution in [0.15, 0.2) is 30.6 Å². The fourth-order valence-corrected chi connectivity index (χ4v) is 1.73. The molecule has 17 heavy (non-hydrogen) atoms. The topological polar surface area (TPSA) is 35.0 Å². The van der Waals surface area contributed by atoms with Crippen LogP contribution in [0.3, 0.4) is 0 Å². The van der Waals surface area contributed by atoms with E-state index in [1.54, 1.807) is 19.5 Å². The number of ether oxygens (including phenoxy) is 1. The molecule has 0 aliphatic rings. The van der Waals surface area contributed by atoms with E-state index in [9.17, 15) is 0 Å². The van der Waals surface area contributed by atoms with Crippen molar-refractivity contribution in [2.45, 2.75) is 12.8 Å². The van der Waals surface area contributed by atoms with Gasteiger partial charge in [0, 0.05) is 23.5 Å². The van der Waals surface area contributed by atoms with Crippen molar-refractivity contribution in [3.8, 4) is 17.1 Å². The van der Waals surface area contributed by atoms with Gasteiger partial charge in [0.2, 0.25) is 0 Å². The number of hydrogen-bond donors (Lipinski definition) is 0. The van der Waals surface area contributed by atoms with Crippen molar-refractivity contribution in [2.24, 2.45) is 0 Å². The van der Waals surface area contributed by atoms with E-state index >= 15 is 0 Å². The Kier molecular flexibility index (Phi) is 3.59. The molecule has 0 saturated carbocycles. The zero-order valence-electron chi connectivity index (χ0n) is 9.77. The molecule has 0 atom stereocenters. The van der Waals surface area contributed by atoms with E-state index in [-0.39, 0.29) is 0 Å². The summed E-state index contributed by atoms with van der Waals surface area (Å²) in [7, 11) is 1.66. The molecule has 4 heteroatoms. The summed E-state index contributed by atoms with van der Waals surface area (Å²) in [5.74, 6) is 2.00. The molecule has 88 valence electrons. The number of aromatic nitrogens is 2. The van der Waals surface area contributed by atoms with Gasteiger partial charge in [-0.1, -0.05) is 0 Å². The summed E-state index contributed by atoms with van der Waals surface area (Å²) in [5, 5.41) is 0. The standard InChI is InChI=1S/C13H13ClN2O/c1-9-5-11(3-4-12(9)17-2)13-15-7-10(6-14)8-16-13/h3-5,7-8H,6H2,1-2H3. The molecular weight excluding hydrogens is 236 g/mol. The molecule has 1 aromatic carbocycles. The van der Waals surface area contributed by atoms with Crippen molar-refractivity contribution < 1.29 is 4.74 Å². The molecule has 1 aromatic heterocycles. The lowest BCUT2D eigenvalue weighted by Gasteiger charge is -2.06. The summed E-state index contributed by atoms with van der Waals surface area (Å²) in [6, 6.07) is 5.87. The first-order valence-electron chi connectivity index (χ1n) is 5.26. The first kappa shape index (κ1) is 11.9. The monoisotopic (exact) mass is 248 g/mol. The average Bonchev–Trinajstić information content (AvgIpc) is 2.39. The molecule has 0 N–H and O–H groups in total. The van der Waals surface area contributed by atoms with Crippen LogP contribution in [0.25, 0.3) is 11.4 Å². The van der Waals surface area contributed by atoms with Gasteiger partial charge < -0.3 is 4.74 Å². The second kappa shape index (κ2) is 5.15. The summed E-state index contributed by atoms with van der Waals surface area (Å²) in [6.45, 7) is 2.00. The van der Waals surface area contributed by atoms with E-state index in [1.807, 2.05) is 25.1 Å². The van der Waals surface area contributed by atoms with Gasteiger partial charge in [-0.05, 0) is 30.7 Å². The van der Waals surface area contributed by atoms with Crippen molar-refractivity contribution in [1.29, 1.82) is 0 Å². The third-order valence-electron chi connectivity index (χ3n) is 2.51. The van der Waals surface area contributed by atoms with Crippen molar-refractivity contribution >= 4 is 11.6 Å². The zero-order chi connectivity index (χ0) is 12.3. The van der Waals surface area contributed by atoms with Gasteiger partial charge in [-0.25, -0.2) is 9.97 Å². The molecule has 3 nitrogen and oxygen atoms in total. The predicted molar refractivity (Wildman–Crippen MR) is 68.3 cm³/mol. The highest BCUT2D eigenvalue weighted by Gasteiger charge is 2.04. The predicted octanol–water partition coefficient (Wildman–Crippen LogP) is 3.20. The van der Waals surface area contributed by atoms with Crippen LogP contribution in [-0.2, 0) is 5.88 Å². The van der Waals surface area contributed by atoms with Crippen LogP contribution in [0.1, 0.15) is 11.1 Å². The molecule has 0 radical (unpaired) electrons. The molecule has 0 saturated heterocycles.